The first-order valence-electron chi connectivity index (χ1n) is 5.15. The largest absolute Gasteiger partial charge is 0.323 e. The van der Waals surface area contributed by atoms with Crippen LogP contribution in [0.25, 0.3) is 0 Å². The molecule has 0 aliphatic rings. The summed E-state index contributed by atoms with van der Waals surface area (Å²) < 4.78 is 1.40. The minimum atomic E-state index is -0.544. The monoisotopic (exact) mass is 259 g/mol. The van der Waals surface area contributed by atoms with E-state index in [2.05, 4.69) is 5.32 Å². The molecule has 3 N–H and O–H groups in total. The summed E-state index contributed by atoms with van der Waals surface area (Å²) in [6.45, 7) is 3.76. The quantitative estimate of drug-likeness (QED) is 0.840. The summed E-state index contributed by atoms with van der Waals surface area (Å²) in [5.74, 6) is -0.166. The van der Waals surface area contributed by atoms with E-state index in [0.717, 1.165) is 0 Å². The third kappa shape index (κ3) is 4.20. The van der Waals surface area contributed by atoms with Gasteiger partial charge in [0.25, 0.3) is 0 Å². The molecular formula is C11H18ClN3O2. The maximum absolute atomic E-state index is 11.6. The van der Waals surface area contributed by atoms with Crippen molar-refractivity contribution in [2.75, 3.05) is 5.32 Å². The van der Waals surface area contributed by atoms with E-state index in [1.54, 1.807) is 19.3 Å². The molecule has 96 valence electrons. The van der Waals surface area contributed by atoms with Crippen LogP contribution in [-0.2, 0) is 11.8 Å². The van der Waals surface area contributed by atoms with E-state index in [1.165, 1.54) is 10.6 Å². The van der Waals surface area contributed by atoms with E-state index in [1.807, 2.05) is 13.8 Å². The predicted molar refractivity (Wildman–Crippen MR) is 70.4 cm³/mol. The Balaban J connectivity index is 0.00000256. The van der Waals surface area contributed by atoms with E-state index in [4.69, 9.17) is 5.73 Å². The van der Waals surface area contributed by atoms with E-state index in [-0.39, 0.29) is 29.8 Å². The van der Waals surface area contributed by atoms with E-state index in [9.17, 15) is 9.59 Å². The zero-order chi connectivity index (χ0) is 12.3. The molecule has 0 spiro atoms. The molecule has 0 saturated carbocycles. The Bertz CT molecular complexity index is 443. The van der Waals surface area contributed by atoms with Crippen molar-refractivity contribution in [1.82, 2.24) is 4.57 Å². The first-order chi connectivity index (χ1) is 7.41. The summed E-state index contributed by atoms with van der Waals surface area (Å²) in [5, 5.41) is 2.67. The number of amides is 1. The highest BCUT2D eigenvalue weighted by Gasteiger charge is 2.17. The molecule has 6 heteroatoms. The molecule has 1 heterocycles. The molecule has 1 unspecified atom stereocenters. The van der Waals surface area contributed by atoms with E-state index < -0.39 is 6.04 Å². The molecule has 0 aliphatic heterocycles. The van der Waals surface area contributed by atoms with Gasteiger partial charge in [-0.15, -0.1) is 12.4 Å². The van der Waals surface area contributed by atoms with Gasteiger partial charge in [0.05, 0.1) is 11.7 Å². The van der Waals surface area contributed by atoms with Gasteiger partial charge < -0.3 is 15.6 Å². The van der Waals surface area contributed by atoms with Gasteiger partial charge in [0.1, 0.15) is 0 Å². The van der Waals surface area contributed by atoms with Crippen molar-refractivity contribution in [3.63, 3.8) is 0 Å². The number of carbonyl (C=O) groups is 1. The molecule has 17 heavy (non-hydrogen) atoms. The molecule has 0 aromatic carbocycles. The molecule has 0 saturated heterocycles. The molecule has 0 bridgehead atoms. The maximum Gasteiger partial charge on any atom is 0.250 e. The van der Waals surface area contributed by atoms with Gasteiger partial charge >= 0.3 is 0 Å². The highest BCUT2D eigenvalue weighted by Crippen LogP contribution is 2.05. The fourth-order valence-corrected chi connectivity index (χ4v) is 1.20. The van der Waals surface area contributed by atoms with Gasteiger partial charge in [0.2, 0.25) is 11.5 Å². The molecule has 1 aromatic rings. The number of hydrogen-bond donors (Lipinski definition) is 2. The van der Waals surface area contributed by atoms with Crippen LogP contribution in [0.3, 0.4) is 0 Å². The summed E-state index contributed by atoms with van der Waals surface area (Å²) >= 11 is 0. The Labute approximate surface area is 106 Å². The highest BCUT2D eigenvalue weighted by atomic mass is 35.5. The maximum atomic E-state index is 11.6. The van der Waals surface area contributed by atoms with Crippen LogP contribution in [0.4, 0.5) is 5.69 Å². The van der Waals surface area contributed by atoms with Crippen molar-refractivity contribution in [1.29, 1.82) is 0 Å². The fourth-order valence-electron chi connectivity index (χ4n) is 1.20. The molecule has 1 aromatic heterocycles. The van der Waals surface area contributed by atoms with Crippen LogP contribution in [0, 0.1) is 5.92 Å². The van der Waals surface area contributed by atoms with Gasteiger partial charge in [0.15, 0.2) is 0 Å². The van der Waals surface area contributed by atoms with Crippen LogP contribution in [-0.4, -0.2) is 16.5 Å². The normalized spacial score (nSPS) is 11.8. The van der Waals surface area contributed by atoms with Crippen molar-refractivity contribution in [3.8, 4) is 0 Å². The van der Waals surface area contributed by atoms with Gasteiger partial charge in [-0.25, -0.2) is 0 Å². The Morgan fingerprint density at radius 2 is 2.00 bits per heavy atom. The number of nitrogens with two attached hydrogens (primary N) is 1. The fraction of sp³-hybridized carbons (Fsp3) is 0.455. The lowest BCUT2D eigenvalue weighted by atomic mass is 10.1. The number of nitrogens with one attached hydrogen (secondary N) is 1. The van der Waals surface area contributed by atoms with E-state index >= 15 is 0 Å². The second-order valence-electron chi connectivity index (χ2n) is 4.13. The molecule has 1 atom stereocenters. The second kappa shape index (κ2) is 6.42. The average molecular weight is 260 g/mol. The molecule has 5 nitrogen and oxygen atoms in total. The SMILES string of the molecule is CC(C)C(N)C(=O)Nc1ccc(=O)n(C)c1.Cl. The molecule has 0 aliphatic carbocycles. The van der Waals surface area contributed by atoms with Crippen molar-refractivity contribution in [2.24, 2.45) is 18.7 Å². The zero-order valence-electron chi connectivity index (χ0n) is 10.1. The lowest BCUT2D eigenvalue weighted by Crippen LogP contribution is -2.39. The highest BCUT2D eigenvalue weighted by molar-refractivity contribution is 5.94. The van der Waals surface area contributed by atoms with E-state index in [0.29, 0.717) is 5.69 Å². The molecule has 1 amide bonds. The first kappa shape index (κ1) is 15.7. The van der Waals surface area contributed by atoms with Crippen molar-refractivity contribution >= 4 is 24.0 Å². The number of aromatic nitrogens is 1. The number of rotatable bonds is 3. The van der Waals surface area contributed by atoms with Crippen LogP contribution in [0.1, 0.15) is 13.8 Å². The van der Waals surface area contributed by atoms with Crippen LogP contribution < -0.4 is 16.6 Å². The second-order valence-corrected chi connectivity index (χ2v) is 4.13. The summed E-state index contributed by atoms with van der Waals surface area (Å²) in [6, 6.07) is 2.42. The minimum absolute atomic E-state index is 0. The predicted octanol–water partition coefficient (Wildman–Crippen LogP) is 0.729. The molecule has 0 fully saturated rings. The number of nitrogens with zero attached hydrogens (tertiary/aromatic N) is 1. The Kier molecular flexibility index (Phi) is 5.91. The Morgan fingerprint density at radius 3 is 2.47 bits per heavy atom. The van der Waals surface area contributed by atoms with Crippen LogP contribution in [0.2, 0.25) is 0 Å². The van der Waals surface area contributed by atoms with Crippen molar-refractivity contribution in [2.45, 2.75) is 19.9 Å². The van der Waals surface area contributed by atoms with Gasteiger partial charge in [-0.2, -0.15) is 0 Å². The van der Waals surface area contributed by atoms with Crippen LogP contribution in [0.15, 0.2) is 23.1 Å². The summed E-state index contributed by atoms with van der Waals surface area (Å²) in [4.78, 5) is 22.8. The van der Waals surface area contributed by atoms with Crippen molar-refractivity contribution < 1.29 is 4.79 Å². The summed E-state index contributed by atoms with van der Waals surface area (Å²) in [7, 11) is 1.63. The summed E-state index contributed by atoms with van der Waals surface area (Å²) in [6.07, 6.45) is 1.56. The minimum Gasteiger partial charge on any atom is -0.323 e. The number of hydrogen-bond acceptors (Lipinski definition) is 3. The number of halogens is 1. The van der Waals surface area contributed by atoms with Gasteiger partial charge in [-0.1, -0.05) is 13.8 Å². The number of aryl methyl sites for hydroxylation is 1. The van der Waals surface area contributed by atoms with Gasteiger partial charge in [-0.05, 0) is 12.0 Å². The number of pyridine rings is 1. The molecule has 1 rings (SSSR count). The van der Waals surface area contributed by atoms with Gasteiger partial charge in [0, 0.05) is 19.3 Å². The average Bonchev–Trinajstić information content (AvgIpc) is 2.22. The zero-order valence-corrected chi connectivity index (χ0v) is 11.0. The number of anilines is 1. The van der Waals surface area contributed by atoms with Crippen LogP contribution >= 0.6 is 12.4 Å². The van der Waals surface area contributed by atoms with Gasteiger partial charge in [-0.3, -0.25) is 9.59 Å². The third-order valence-corrected chi connectivity index (χ3v) is 2.37. The topological polar surface area (TPSA) is 77.1 Å². The third-order valence-electron chi connectivity index (χ3n) is 2.37. The lowest BCUT2D eigenvalue weighted by molar-refractivity contribution is -0.118. The standard InChI is InChI=1S/C11H17N3O2.ClH/c1-7(2)10(12)11(16)13-8-4-5-9(15)14(3)6-8;/h4-7,10H,12H2,1-3H3,(H,13,16);1H. The number of carbonyl (C=O) groups excluding carboxylic acids is 1. The first-order valence-corrected chi connectivity index (χ1v) is 5.15. The lowest BCUT2D eigenvalue weighted by Gasteiger charge is -2.15. The molecular weight excluding hydrogens is 242 g/mol. The molecule has 0 radical (unpaired) electrons. The Hall–Kier alpha value is -1.33. The summed E-state index contributed by atoms with van der Waals surface area (Å²) in [5.41, 5.74) is 6.15. The smallest absolute Gasteiger partial charge is 0.250 e. The van der Waals surface area contributed by atoms with Crippen molar-refractivity contribution in [3.05, 3.63) is 28.7 Å². The van der Waals surface area contributed by atoms with Crippen LogP contribution in [0.5, 0.6) is 0 Å². The Morgan fingerprint density at radius 1 is 1.41 bits per heavy atom.